The number of hydrogen-bond donors (Lipinski definition) is 2. The first-order valence-electron chi connectivity index (χ1n) is 13.3. The van der Waals surface area contributed by atoms with Crippen molar-refractivity contribution in [1.82, 2.24) is 0 Å². The van der Waals surface area contributed by atoms with Gasteiger partial charge in [0.15, 0.2) is 6.10 Å². The van der Waals surface area contributed by atoms with Crippen molar-refractivity contribution < 1.29 is 34.0 Å². The lowest BCUT2D eigenvalue weighted by molar-refractivity contribution is -0.153. The average molecular weight is 473 g/mol. The maximum atomic E-state index is 12.0. The van der Waals surface area contributed by atoms with E-state index < -0.39 is 36.7 Å². The van der Waals surface area contributed by atoms with Gasteiger partial charge in [0.2, 0.25) is 11.9 Å². The maximum absolute atomic E-state index is 12.0. The zero-order valence-corrected chi connectivity index (χ0v) is 20.8. The highest BCUT2D eigenvalue weighted by atomic mass is 16.6. The number of cyclic esters (lactones) is 1. The predicted octanol–water partition coefficient (Wildman–Crippen LogP) is 4.50. The average Bonchev–Trinajstić information content (AvgIpc) is 3.10. The topological polar surface area (TPSA) is 102 Å². The van der Waals surface area contributed by atoms with Crippen molar-refractivity contribution in [2.45, 2.75) is 128 Å². The molecule has 0 spiro atoms. The minimum absolute atomic E-state index is 0.103. The molecule has 1 aliphatic heterocycles. The lowest BCUT2D eigenvalue weighted by Crippen LogP contribution is -2.37. The van der Waals surface area contributed by atoms with E-state index in [9.17, 15) is 14.7 Å². The first kappa shape index (κ1) is 30.0. The van der Waals surface area contributed by atoms with E-state index in [4.69, 9.17) is 19.3 Å². The molecule has 1 fully saturated rings. The second-order valence-corrected chi connectivity index (χ2v) is 9.18. The molecule has 7 heteroatoms. The Morgan fingerprint density at radius 3 is 1.73 bits per heavy atom. The largest absolute Gasteiger partial charge is 0.449 e. The summed E-state index contributed by atoms with van der Waals surface area (Å²) < 4.78 is 15.5. The summed E-state index contributed by atoms with van der Waals surface area (Å²) in [5.74, 6) is -1.48. The maximum Gasteiger partial charge on any atom is 0.344 e. The van der Waals surface area contributed by atoms with Gasteiger partial charge in [0.05, 0.1) is 19.8 Å². The van der Waals surface area contributed by atoms with Gasteiger partial charge in [0.25, 0.3) is 0 Å². The molecule has 0 aliphatic carbocycles. The second kappa shape index (κ2) is 20.4. The van der Waals surface area contributed by atoms with Crippen molar-refractivity contribution in [2.75, 3.05) is 26.4 Å². The smallest absolute Gasteiger partial charge is 0.344 e. The van der Waals surface area contributed by atoms with Gasteiger partial charge in [-0.1, -0.05) is 103 Å². The molecule has 0 radical (unpaired) electrons. The third-order valence-corrected chi connectivity index (χ3v) is 6.19. The van der Waals surface area contributed by atoms with Crippen LogP contribution >= 0.6 is 0 Å². The number of carbonyl (C=O) groups excluding carboxylic acids is 2. The number of hydrogen-bond acceptors (Lipinski definition) is 7. The molecule has 0 aromatic carbocycles. The lowest BCUT2D eigenvalue weighted by atomic mass is 10.0. The SMILES string of the molecule is CCCCCCCCCCCCCCCCCCOCCOC1C(=O)O[C@H]([C@@H](O)CO)C1=O. The number of aliphatic hydroxyl groups is 2. The van der Waals surface area contributed by atoms with Crippen molar-refractivity contribution >= 4 is 11.8 Å². The molecule has 1 unspecified atom stereocenters. The van der Waals surface area contributed by atoms with Crippen LogP contribution in [-0.4, -0.2) is 66.7 Å². The summed E-state index contributed by atoms with van der Waals surface area (Å²) >= 11 is 0. The number of ether oxygens (including phenoxy) is 3. The molecule has 7 nitrogen and oxygen atoms in total. The fourth-order valence-electron chi connectivity index (χ4n) is 4.10. The minimum atomic E-state index is -1.42. The van der Waals surface area contributed by atoms with Crippen LogP contribution in [0.25, 0.3) is 0 Å². The Bertz CT molecular complexity index is 497. The first-order chi connectivity index (χ1) is 16.1. The van der Waals surface area contributed by atoms with Crippen LogP contribution in [0, 0.1) is 0 Å². The van der Waals surface area contributed by atoms with Crippen molar-refractivity contribution in [3.63, 3.8) is 0 Å². The number of rotatable bonds is 23. The molecule has 0 amide bonds. The Morgan fingerprint density at radius 2 is 1.24 bits per heavy atom. The number of unbranched alkanes of at least 4 members (excludes halogenated alkanes) is 15. The van der Waals surface area contributed by atoms with Crippen LogP contribution in [0.1, 0.15) is 110 Å². The fourth-order valence-corrected chi connectivity index (χ4v) is 4.10. The molecule has 33 heavy (non-hydrogen) atoms. The fraction of sp³-hybridized carbons (Fsp3) is 0.923. The lowest BCUT2D eigenvalue weighted by Gasteiger charge is -2.12. The van der Waals surface area contributed by atoms with Gasteiger partial charge in [-0.3, -0.25) is 4.79 Å². The molecule has 0 aromatic heterocycles. The molecule has 194 valence electrons. The number of ketones is 1. The minimum Gasteiger partial charge on any atom is -0.449 e. The molecule has 0 aromatic rings. The molecule has 0 saturated carbocycles. The summed E-state index contributed by atoms with van der Waals surface area (Å²) in [5.41, 5.74) is 0. The van der Waals surface area contributed by atoms with Gasteiger partial charge in [0.1, 0.15) is 6.10 Å². The highest BCUT2D eigenvalue weighted by Gasteiger charge is 2.47. The van der Waals surface area contributed by atoms with Crippen molar-refractivity contribution in [3.8, 4) is 0 Å². The summed E-state index contributed by atoms with van der Waals surface area (Å²) in [6, 6.07) is 0. The monoisotopic (exact) mass is 472 g/mol. The highest BCUT2D eigenvalue weighted by Crippen LogP contribution is 2.17. The first-order valence-corrected chi connectivity index (χ1v) is 13.3. The molecule has 1 saturated heterocycles. The van der Waals surface area contributed by atoms with Gasteiger partial charge < -0.3 is 24.4 Å². The number of carbonyl (C=O) groups is 2. The molecule has 3 atom stereocenters. The molecular formula is C26H48O7. The predicted molar refractivity (Wildman–Crippen MR) is 128 cm³/mol. The number of aliphatic hydroxyl groups excluding tert-OH is 2. The second-order valence-electron chi connectivity index (χ2n) is 9.18. The summed E-state index contributed by atoms with van der Waals surface area (Å²) in [4.78, 5) is 23.6. The van der Waals surface area contributed by atoms with Crippen LogP contribution in [0.3, 0.4) is 0 Å². The normalized spacial score (nSPS) is 19.2. The standard InChI is InChI=1S/C26H48O7/c1-2-3-4-5-6-7-8-9-10-11-12-13-14-15-16-17-18-31-19-20-32-25-23(29)24(22(28)21-27)33-26(25)30/h22,24-25,27-28H,2-21H2,1H3/t22-,24+,25?/m0/s1. The Kier molecular flexibility index (Phi) is 18.5. The van der Waals surface area contributed by atoms with Crippen LogP contribution in [0.4, 0.5) is 0 Å². The summed E-state index contributed by atoms with van der Waals surface area (Å²) in [6.07, 6.45) is 17.2. The Labute approximate surface area is 200 Å². The van der Waals surface area contributed by atoms with Crippen molar-refractivity contribution in [3.05, 3.63) is 0 Å². The van der Waals surface area contributed by atoms with Gasteiger partial charge in [-0.2, -0.15) is 0 Å². The van der Waals surface area contributed by atoms with Crippen molar-refractivity contribution in [2.24, 2.45) is 0 Å². The Hall–Kier alpha value is -1.02. The highest BCUT2D eigenvalue weighted by molar-refractivity contribution is 6.09. The van der Waals surface area contributed by atoms with Gasteiger partial charge in [0, 0.05) is 6.61 Å². The van der Waals surface area contributed by atoms with E-state index in [-0.39, 0.29) is 6.61 Å². The Morgan fingerprint density at radius 1 is 0.758 bits per heavy atom. The third-order valence-electron chi connectivity index (χ3n) is 6.19. The van der Waals surface area contributed by atoms with E-state index in [1.165, 1.54) is 89.9 Å². The number of esters is 1. The summed E-state index contributed by atoms with van der Waals surface area (Å²) in [6.45, 7) is 2.65. The molecular weight excluding hydrogens is 424 g/mol. The van der Waals surface area contributed by atoms with E-state index in [0.717, 1.165) is 12.8 Å². The van der Waals surface area contributed by atoms with E-state index in [0.29, 0.717) is 13.2 Å². The van der Waals surface area contributed by atoms with E-state index >= 15 is 0 Å². The molecule has 1 rings (SSSR count). The van der Waals surface area contributed by atoms with E-state index in [1.54, 1.807) is 0 Å². The summed E-state index contributed by atoms with van der Waals surface area (Å²) in [5, 5.41) is 18.4. The van der Waals surface area contributed by atoms with Crippen LogP contribution in [-0.2, 0) is 23.8 Å². The van der Waals surface area contributed by atoms with Gasteiger partial charge in [-0.05, 0) is 6.42 Å². The third kappa shape index (κ3) is 14.1. The zero-order chi connectivity index (χ0) is 24.2. The van der Waals surface area contributed by atoms with E-state index in [2.05, 4.69) is 6.92 Å². The number of Topliss-reactive ketones (excluding diaryl/α,β-unsaturated/α-hetero) is 1. The molecule has 1 heterocycles. The summed E-state index contributed by atoms with van der Waals surface area (Å²) in [7, 11) is 0. The van der Waals surface area contributed by atoms with Gasteiger partial charge in [-0.15, -0.1) is 0 Å². The van der Waals surface area contributed by atoms with Gasteiger partial charge in [-0.25, -0.2) is 4.79 Å². The molecule has 0 bridgehead atoms. The van der Waals surface area contributed by atoms with Crippen molar-refractivity contribution in [1.29, 1.82) is 0 Å². The Balaban J connectivity index is 1.81. The zero-order valence-electron chi connectivity index (χ0n) is 20.8. The van der Waals surface area contributed by atoms with Crippen LogP contribution in [0.5, 0.6) is 0 Å². The quantitative estimate of drug-likeness (QED) is 0.128. The molecule has 2 N–H and O–H groups in total. The van der Waals surface area contributed by atoms with E-state index in [1.807, 2.05) is 0 Å². The van der Waals surface area contributed by atoms with Crippen LogP contribution < -0.4 is 0 Å². The van der Waals surface area contributed by atoms with Gasteiger partial charge >= 0.3 is 5.97 Å². The molecule has 1 aliphatic rings. The van der Waals surface area contributed by atoms with Crippen LogP contribution in [0.15, 0.2) is 0 Å². The van der Waals surface area contributed by atoms with Crippen LogP contribution in [0.2, 0.25) is 0 Å².